The van der Waals surface area contributed by atoms with Crippen LogP contribution in [0.15, 0.2) is 22.9 Å². The highest BCUT2D eigenvalue weighted by molar-refractivity contribution is 6.32. The van der Waals surface area contributed by atoms with Crippen molar-refractivity contribution in [2.75, 3.05) is 0 Å². The second-order valence-electron chi connectivity index (χ2n) is 2.25. The molecule has 0 bridgehead atoms. The normalized spacial score (nSPS) is 23.1. The number of nitrogens with two attached hydrogens (primary N) is 1. The molecule has 0 aliphatic heterocycles. The first kappa shape index (κ1) is 8.73. The fourth-order valence-corrected chi connectivity index (χ4v) is 1.06. The quantitative estimate of drug-likeness (QED) is 0.470. The average molecular weight is 189 g/mol. The van der Waals surface area contributed by atoms with Gasteiger partial charge in [0.2, 0.25) is 0 Å². The fraction of sp³-hybridized carbons (Fsp3) is 0.167. The molecule has 0 aromatic heterocycles. The summed E-state index contributed by atoms with van der Waals surface area (Å²) in [5, 5.41) is 10.4. The average Bonchev–Trinajstić information content (AvgIpc) is 1.96. The first-order valence-electron chi connectivity index (χ1n) is 3.04. The summed E-state index contributed by atoms with van der Waals surface area (Å²) in [6.45, 7) is 0. The summed E-state index contributed by atoms with van der Waals surface area (Å²) in [6.07, 6.45) is 2.25. The molecule has 0 amide bonds. The zero-order valence-electron chi connectivity index (χ0n) is 5.86. The van der Waals surface area contributed by atoms with Gasteiger partial charge >= 0.3 is 0 Å². The molecule has 2 N–H and O–H groups in total. The second-order valence-corrected chi connectivity index (χ2v) is 2.68. The lowest BCUT2D eigenvalue weighted by Gasteiger charge is -2.08. The fourth-order valence-electron chi connectivity index (χ4n) is 0.822. The van der Waals surface area contributed by atoms with Crippen LogP contribution in [0.1, 0.15) is 0 Å². The zero-order valence-corrected chi connectivity index (χ0v) is 6.62. The lowest BCUT2D eigenvalue weighted by molar-refractivity contribution is -0.494. The van der Waals surface area contributed by atoms with Crippen molar-refractivity contribution < 1.29 is 9.72 Å². The molecule has 0 radical (unpaired) electrons. The highest BCUT2D eigenvalue weighted by Crippen LogP contribution is 2.16. The number of Topliss-reactive ketones (excluding diaryl/α,β-unsaturated/α-hetero) is 1. The van der Waals surface area contributed by atoms with Crippen LogP contribution in [0.3, 0.4) is 0 Å². The van der Waals surface area contributed by atoms with E-state index in [2.05, 4.69) is 0 Å². The lowest BCUT2D eigenvalue weighted by Crippen LogP contribution is -2.33. The summed E-state index contributed by atoms with van der Waals surface area (Å²) in [4.78, 5) is 20.5. The minimum atomic E-state index is -1.43. The predicted molar refractivity (Wildman–Crippen MR) is 42.0 cm³/mol. The first-order chi connectivity index (χ1) is 5.52. The number of rotatable bonds is 1. The Kier molecular flexibility index (Phi) is 2.14. The topological polar surface area (TPSA) is 86.2 Å². The highest BCUT2D eigenvalue weighted by Gasteiger charge is 2.32. The van der Waals surface area contributed by atoms with Gasteiger partial charge in [-0.25, -0.2) is 0 Å². The Hall–Kier alpha value is -1.36. The third-order valence-electron chi connectivity index (χ3n) is 1.39. The summed E-state index contributed by atoms with van der Waals surface area (Å²) in [6, 6.07) is -1.43. The van der Waals surface area contributed by atoms with Gasteiger partial charge in [-0.3, -0.25) is 14.9 Å². The number of nitrogens with zero attached hydrogens (tertiary/aromatic N) is 1. The molecule has 12 heavy (non-hydrogen) atoms. The molecule has 0 aromatic rings. The summed E-state index contributed by atoms with van der Waals surface area (Å²) in [7, 11) is 0. The number of ketones is 1. The minimum Gasteiger partial charge on any atom is -0.396 e. The Morgan fingerprint density at radius 1 is 1.67 bits per heavy atom. The van der Waals surface area contributed by atoms with Crippen LogP contribution in [0.4, 0.5) is 0 Å². The van der Waals surface area contributed by atoms with Crippen LogP contribution in [-0.4, -0.2) is 16.7 Å². The number of hydrogen-bond donors (Lipinski definition) is 1. The van der Waals surface area contributed by atoms with Gasteiger partial charge in [0.15, 0.2) is 0 Å². The molecule has 0 spiro atoms. The van der Waals surface area contributed by atoms with E-state index in [0.717, 1.165) is 6.08 Å². The number of carbonyl (C=O) groups excluding carboxylic acids is 1. The smallest absolute Gasteiger partial charge is 0.296 e. The van der Waals surface area contributed by atoms with Gasteiger partial charge in [-0.15, -0.1) is 0 Å². The van der Waals surface area contributed by atoms with E-state index in [1.807, 2.05) is 0 Å². The molecule has 5 nitrogen and oxygen atoms in total. The molecule has 1 unspecified atom stereocenters. The Labute approximate surface area is 72.6 Å². The second kappa shape index (κ2) is 2.94. The van der Waals surface area contributed by atoms with E-state index >= 15 is 0 Å². The number of halogens is 1. The van der Waals surface area contributed by atoms with Gasteiger partial charge in [0.05, 0.1) is 5.70 Å². The maximum atomic E-state index is 11.0. The number of nitro groups is 1. The van der Waals surface area contributed by atoms with Crippen molar-refractivity contribution in [3.05, 3.63) is 33.0 Å². The third kappa shape index (κ3) is 1.45. The largest absolute Gasteiger partial charge is 0.396 e. The Morgan fingerprint density at radius 2 is 2.25 bits per heavy atom. The van der Waals surface area contributed by atoms with Crippen LogP contribution in [-0.2, 0) is 4.79 Å². The molecular formula is C6H5ClN2O3. The highest BCUT2D eigenvalue weighted by atomic mass is 35.5. The van der Waals surface area contributed by atoms with E-state index in [0.29, 0.717) is 0 Å². The van der Waals surface area contributed by atoms with Gasteiger partial charge < -0.3 is 5.73 Å². The summed E-state index contributed by atoms with van der Waals surface area (Å²) in [5.74, 6) is -0.718. The van der Waals surface area contributed by atoms with Gasteiger partial charge in [-0.1, -0.05) is 11.6 Å². The van der Waals surface area contributed by atoms with Crippen LogP contribution in [0.5, 0.6) is 0 Å². The lowest BCUT2D eigenvalue weighted by atomic mass is 10.1. The van der Waals surface area contributed by atoms with Crippen molar-refractivity contribution in [3.63, 3.8) is 0 Å². The molecule has 1 atom stereocenters. The van der Waals surface area contributed by atoms with E-state index < -0.39 is 16.7 Å². The number of allylic oxidation sites excluding steroid dienone is 2. The molecule has 0 aromatic carbocycles. The monoisotopic (exact) mass is 188 g/mol. The van der Waals surface area contributed by atoms with Crippen molar-refractivity contribution in [1.82, 2.24) is 0 Å². The summed E-state index contributed by atoms with van der Waals surface area (Å²) >= 11 is 5.46. The molecule has 6 heteroatoms. The molecule has 0 saturated heterocycles. The SMILES string of the molecule is NC1=CC(Cl)=CC([N+](=O)[O-])C1=O. The van der Waals surface area contributed by atoms with E-state index in [4.69, 9.17) is 17.3 Å². The maximum absolute atomic E-state index is 11.0. The van der Waals surface area contributed by atoms with Gasteiger partial charge in [-0.2, -0.15) is 0 Å². The van der Waals surface area contributed by atoms with Gasteiger partial charge in [0.25, 0.3) is 11.8 Å². The maximum Gasteiger partial charge on any atom is 0.296 e. The van der Waals surface area contributed by atoms with E-state index in [1.165, 1.54) is 6.08 Å². The van der Waals surface area contributed by atoms with Crippen LogP contribution in [0.2, 0.25) is 0 Å². The van der Waals surface area contributed by atoms with Gasteiger partial charge in [0, 0.05) is 16.0 Å². The van der Waals surface area contributed by atoms with Crippen LogP contribution in [0.25, 0.3) is 0 Å². The summed E-state index contributed by atoms with van der Waals surface area (Å²) in [5.41, 5.74) is 5.00. The van der Waals surface area contributed by atoms with Crippen molar-refractivity contribution in [2.45, 2.75) is 6.04 Å². The Balaban J connectivity index is 3.02. The van der Waals surface area contributed by atoms with Gasteiger partial charge in [-0.05, 0) is 6.08 Å². The molecule has 1 rings (SSSR count). The van der Waals surface area contributed by atoms with E-state index in [-0.39, 0.29) is 10.7 Å². The molecule has 64 valence electrons. The van der Waals surface area contributed by atoms with Gasteiger partial charge in [0.1, 0.15) is 0 Å². The van der Waals surface area contributed by atoms with Crippen molar-refractivity contribution >= 4 is 17.4 Å². The summed E-state index contributed by atoms with van der Waals surface area (Å²) < 4.78 is 0. The first-order valence-corrected chi connectivity index (χ1v) is 3.42. The Bertz CT molecular complexity index is 308. The van der Waals surface area contributed by atoms with Crippen LogP contribution < -0.4 is 5.73 Å². The molecule has 1 aliphatic rings. The molecule has 1 aliphatic carbocycles. The number of carbonyl (C=O) groups is 1. The van der Waals surface area contributed by atoms with E-state index in [9.17, 15) is 14.9 Å². The van der Waals surface area contributed by atoms with Crippen LogP contribution in [0, 0.1) is 10.1 Å². The number of hydrogen-bond acceptors (Lipinski definition) is 4. The minimum absolute atomic E-state index is 0.119. The standard InChI is InChI=1S/C6H5ClN2O3/c7-3-1-4(8)6(10)5(2-3)9(11)12/h1-2,5H,8H2. The van der Waals surface area contributed by atoms with Crippen molar-refractivity contribution in [3.8, 4) is 0 Å². The molecule has 0 heterocycles. The molecule has 0 fully saturated rings. The molecular weight excluding hydrogens is 184 g/mol. The zero-order chi connectivity index (χ0) is 9.30. The third-order valence-corrected chi connectivity index (χ3v) is 1.63. The molecule has 0 saturated carbocycles. The predicted octanol–water partition coefficient (Wildman–Crippen LogP) is 0.180. The van der Waals surface area contributed by atoms with Crippen molar-refractivity contribution in [2.24, 2.45) is 5.73 Å². The van der Waals surface area contributed by atoms with E-state index in [1.54, 1.807) is 0 Å². The Morgan fingerprint density at radius 3 is 2.75 bits per heavy atom. The van der Waals surface area contributed by atoms with Crippen LogP contribution >= 0.6 is 11.6 Å². The van der Waals surface area contributed by atoms with Crippen molar-refractivity contribution in [1.29, 1.82) is 0 Å².